The molecule has 2 aromatic carbocycles. The number of hydroxylamine groups is 2. The van der Waals surface area contributed by atoms with Gasteiger partial charge in [-0.25, -0.2) is 14.7 Å². The van der Waals surface area contributed by atoms with E-state index >= 15 is 0 Å². The highest BCUT2D eigenvalue weighted by atomic mass is 16.7. The van der Waals surface area contributed by atoms with Gasteiger partial charge in [0.15, 0.2) is 6.61 Å². The number of nitrogens with zero attached hydrogens (tertiary/aromatic N) is 1. The first-order valence-electron chi connectivity index (χ1n) is 10.8. The highest BCUT2D eigenvalue weighted by Gasteiger charge is 2.32. The molecule has 176 valence electrons. The van der Waals surface area contributed by atoms with Crippen molar-refractivity contribution in [3.05, 3.63) is 59.7 Å². The summed E-state index contributed by atoms with van der Waals surface area (Å²) in [5.41, 5.74) is 4.15. The number of carbonyl (C=O) groups excluding carboxylic acids is 2. The molecule has 2 N–H and O–H groups in total. The second kappa shape index (κ2) is 10.0. The number of fused-ring (bicyclic) bond motifs is 3. The molecular formula is C25H30N2O6. The van der Waals surface area contributed by atoms with Crippen LogP contribution in [0.25, 0.3) is 11.1 Å². The van der Waals surface area contributed by atoms with Crippen LogP contribution in [0.1, 0.15) is 44.2 Å². The van der Waals surface area contributed by atoms with Crippen molar-refractivity contribution in [2.24, 2.45) is 5.41 Å². The molecule has 8 heteroatoms. The van der Waals surface area contributed by atoms with Crippen LogP contribution in [0.5, 0.6) is 0 Å². The second-order valence-corrected chi connectivity index (χ2v) is 9.29. The number of aliphatic carboxylic acids is 1. The number of ether oxygens (including phenoxy) is 1. The Morgan fingerprint density at radius 1 is 1.03 bits per heavy atom. The molecule has 0 aliphatic heterocycles. The fourth-order valence-electron chi connectivity index (χ4n) is 4.03. The molecule has 0 fully saturated rings. The van der Waals surface area contributed by atoms with E-state index in [0.29, 0.717) is 6.42 Å². The fourth-order valence-corrected chi connectivity index (χ4v) is 4.03. The van der Waals surface area contributed by atoms with Crippen LogP contribution in [0.4, 0.5) is 4.79 Å². The maximum Gasteiger partial charge on any atom is 0.407 e. The van der Waals surface area contributed by atoms with Gasteiger partial charge in [-0.15, -0.1) is 0 Å². The average molecular weight is 455 g/mol. The standard InChI is InChI=1S/C25H30N2O6/c1-25(2,3)13-21(23(30)27(4)33-15-22(28)29)26-24(31)32-14-20-18-11-7-5-9-16(18)17-10-6-8-12-19(17)20/h5-12,20-21H,13-15H2,1-4H3,(H,26,31)(H,28,29). The van der Waals surface area contributed by atoms with E-state index in [1.165, 1.54) is 7.05 Å². The number of carboxylic acid groups (broad SMARTS) is 1. The third-order valence-electron chi connectivity index (χ3n) is 5.44. The van der Waals surface area contributed by atoms with Crippen LogP contribution in [-0.4, -0.2) is 54.4 Å². The van der Waals surface area contributed by atoms with Crippen molar-refractivity contribution in [1.82, 2.24) is 10.4 Å². The van der Waals surface area contributed by atoms with Gasteiger partial charge in [0.1, 0.15) is 12.6 Å². The lowest BCUT2D eigenvalue weighted by atomic mass is 9.88. The van der Waals surface area contributed by atoms with E-state index in [2.05, 4.69) is 17.4 Å². The van der Waals surface area contributed by atoms with Gasteiger partial charge < -0.3 is 15.2 Å². The number of carboxylic acids is 1. The Morgan fingerprint density at radius 3 is 2.09 bits per heavy atom. The zero-order chi connectivity index (χ0) is 24.2. The predicted octanol–water partition coefficient (Wildman–Crippen LogP) is 3.80. The van der Waals surface area contributed by atoms with E-state index in [-0.39, 0.29) is 17.9 Å². The van der Waals surface area contributed by atoms with Crippen LogP contribution in [0.15, 0.2) is 48.5 Å². The number of hydrogen-bond acceptors (Lipinski definition) is 5. The summed E-state index contributed by atoms with van der Waals surface area (Å²) in [6.45, 7) is 5.28. The van der Waals surface area contributed by atoms with Gasteiger partial charge in [0.05, 0.1) is 0 Å². The molecule has 1 aliphatic carbocycles. The Kier molecular flexibility index (Phi) is 7.38. The van der Waals surface area contributed by atoms with Gasteiger partial charge in [-0.05, 0) is 34.1 Å². The largest absolute Gasteiger partial charge is 0.479 e. The molecule has 0 bridgehead atoms. The van der Waals surface area contributed by atoms with Gasteiger partial charge in [-0.2, -0.15) is 0 Å². The first kappa shape index (κ1) is 24.3. The second-order valence-electron chi connectivity index (χ2n) is 9.29. The predicted molar refractivity (Wildman–Crippen MR) is 122 cm³/mol. The number of likely N-dealkylation sites (N-methyl/N-ethyl adjacent to an activating group) is 1. The summed E-state index contributed by atoms with van der Waals surface area (Å²) in [7, 11) is 1.32. The van der Waals surface area contributed by atoms with Crippen LogP contribution in [0.2, 0.25) is 0 Å². The van der Waals surface area contributed by atoms with Crippen molar-refractivity contribution in [2.45, 2.75) is 39.2 Å². The monoisotopic (exact) mass is 454 g/mol. The van der Waals surface area contributed by atoms with Gasteiger partial charge in [0, 0.05) is 13.0 Å². The highest BCUT2D eigenvalue weighted by Crippen LogP contribution is 2.44. The first-order chi connectivity index (χ1) is 15.6. The summed E-state index contributed by atoms with van der Waals surface area (Å²) in [6, 6.07) is 15.1. The molecule has 1 unspecified atom stereocenters. The number of rotatable bonds is 8. The molecule has 0 spiro atoms. The van der Waals surface area contributed by atoms with E-state index in [0.717, 1.165) is 27.3 Å². The van der Waals surface area contributed by atoms with E-state index in [9.17, 15) is 14.4 Å². The summed E-state index contributed by atoms with van der Waals surface area (Å²) in [4.78, 5) is 41.2. The van der Waals surface area contributed by atoms with Crippen LogP contribution in [0, 0.1) is 5.41 Å². The van der Waals surface area contributed by atoms with E-state index in [4.69, 9.17) is 14.7 Å². The SMILES string of the molecule is CN(OCC(=O)O)C(=O)C(CC(C)(C)C)NC(=O)OCC1c2ccccc2-c2ccccc21. The molecule has 2 aromatic rings. The minimum Gasteiger partial charge on any atom is -0.479 e. The molecule has 3 rings (SSSR count). The number of carbonyl (C=O) groups is 3. The number of benzene rings is 2. The van der Waals surface area contributed by atoms with E-state index in [1.807, 2.05) is 57.2 Å². The molecule has 0 saturated carbocycles. The molecule has 1 aliphatic rings. The average Bonchev–Trinajstić information content (AvgIpc) is 3.08. The number of alkyl carbamates (subject to hydrolysis) is 1. The molecule has 0 aromatic heterocycles. The van der Waals surface area contributed by atoms with Crippen molar-refractivity contribution < 1.29 is 29.1 Å². The van der Waals surface area contributed by atoms with Crippen molar-refractivity contribution in [1.29, 1.82) is 0 Å². The molecule has 2 amide bonds. The third kappa shape index (κ3) is 6.10. The van der Waals surface area contributed by atoms with Crippen LogP contribution in [0.3, 0.4) is 0 Å². The fraction of sp³-hybridized carbons (Fsp3) is 0.400. The van der Waals surface area contributed by atoms with E-state index in [1.54, 1.807) is 0 Å². The molecule has 0 saturated heterocycles. The summed E-state index contributed by atoms with van der Waals surface area (Å²) in [6.07, 6.45) is -0.400. The Bertz CT molecular complexity index is 984. The molecule has 33 heavy (non-hydrogen) atoms. The van der Waals surface area contributed by atoms with Crippen molar-refractivity contribution in [2.75, 3.05) is 20.3 Å². The number of nitrogens with one attached hydrogen (secondary N) is 1. The lowest BCUT2D eigenvalue weighted by Gasteiger charge is -2.28. The lowest BCUT2D eigenvalue weighted by molar-refractivity contribution is -0.187. The minimum absolute atomic E-state index is 0.0958. The molecule has 0 radical (unpaired) electrons. The molecule has 1 atom stereocenters. The number of hydrogen-bond donors (Lipinski definition) is 2. The summed E-state index contributed by atoms with van der Waals surface area (Å²) < 4.78 is 5.56. The Labute approximate surface area is 193 Å². The Morgan fingerprint density at radius 2 is 1.58 bits per heavy atom. The van der Waals surface area contributed by atoms with Crippen molar-refractivity contribution in [3.8, 4) is 11.1 Å². The highest BCUT2D eigenvalue weighted by molar-refractivity contribution is 5.85. The topological polar surface area (TPSA) is 105 Å². The van der Waals surface area contributed by atoms with Gasteiger partial charge in [0.2, 0.25) is 0 Å². The first-order valence-corrected chi connectivity index (χ1v) is 10.8. The zero-order valence-corrected chi connectivity index (χ0v) is 19.3. The summed E-state index contributed by atoms with van der Waals surface area (Å²) >= 11 is 0. The Balaban J connectivity index is 1.68. The maximum atomic E-state index is 12.8. The third-order valence-corrected chi connectivity index (χ3v) is 5.44. The quantitative estimate of drug-likeness (QED) is 0.588. The summed E-state index contributed by atoms with van der Waals surface area (Å²) in [5, 5.41) is 12.3. The van der Waals surface area contributed by atoms with Gasteiger partial charge in [-0.3, -0.25) is 9.63 Å². The van der Waals surface area contributed by atoms with Gasteiger partial charge in [0.25, 0.3) is 5.91 Å². The van der Waals surface area contributed by atoms with Crippen molar-refractivity contribution in [3.63, 3.8) is 0 Å². The van der Waals surface area contributed by atoms with Crippen molar-refractivity contribution >= 4 is 18.0 Å². The van der Waals surface area contributed by atoms with E-state index < -0.39 is 30.6 Å². The van der Waals surface area contributed by atoms with Crippen LogP contribution >= 0.6 is 0 Å². The maximum absolute atomic E-state index is 12.8. The minimum atomic E-state index is -1.20. The normalized spacial score (nSPS) is 13.6. The molecular weight excluding hydrogens is 424 g/mol. The summed E-state index contributed by atoms with van der Waals surface area (Å²) in [5.74, 6) is -1.85. The molecule has 8 nitrogen and oxygen atoms in total. The number of amides is 2. The smallest absolute Gasteiger partial charge is 0.407 e. The Hall–Kier alpha value is -3.39. The van der Waals surface area contributed by atoms with Crippen LogP contribution in [-0.2, 0) is 19.2 Å². The van der Waals surface area contributed by atoms with Crippen LogP contribution < -0.4 is 5.32 Å². The zero-order valence-electron chi connectivity index (χ0n) is 19.3. The molecule has 0 heterocycles. The van der Waals surface area contributed by atoms with Gasteiger partial charge >= 0.3 is 12.1 Å². The lowest BCUT2D eigenvalue weighted by Crippen LogP contribution is -2.49. The van der Waals surface area contributed by atoms with Gasteiger partial charge in [-0.1, -0.05) is 69.3 Å².